The van der Waals surface area contributed by atoms with Gasteiger partial charge in [0.1, 0.15) is 0 Å². The van der Waals surface area contributed by atoms with Crippen LogP contribution in [0.15, 0.2) is 28.7 Å². The van der Waals surface area contributed by atoms with Gasteiger partial charge in [-0.3, -0.25) is 0 Å². The molecule has 0 saturated heterocycles. The van der Waals surface area contributed by atoms with Crippen molar-refractivity contribution in [3.05, 3.63) is 34.3 Å². The number of hydrogen-bond donors (Lipinski definition) is 0. The standard InChI is InChI=1S/C15H20Br2/c1-14(2)13(15(14,3)4)12(17)9-10-5-7-11(16)8-6-10/h5-8,12-13H,9H2,1-4H3. The molecule has 0 bridgehead atoms. The molecule has 0 heterocycles. The van der Waals surface area contributed by atoms with Gasteiger partial charge in [0.2, 0.25) is 0 Å². The number of hydrogen-bond acceptors (Lipinski definition) is 0. The molecular formula is C15H20Br2. The SMILES string of the molecule is CC1(C)C(C(Br)Cc2ccc(Br)cc2)C1(C)C. The van der Waals surface area contributed by atoms with Gasteiger partial charge in [-0.2, -0.15) is 0 Å². The molecule has 2 heteroatoms. The van der Waals surface area contributed by atoms with E-state index in [1.165, 1.54) is 5.56 Å². The molecule has 1 aromatic rings. The molecule has 0 nitrogen and oxygen atoms in total. The Bertz CT molecular complexity index is 389. The fourth-order valence-corrected chi connectivity index (χ4v) is 5.08. The van der Waals surface area contributed by atoms with E-state index in [1.807, 2.05) is 0 Å². The van der Waals surface area contributed by atoms with E-state index in [0.717, 1.165) is 16.8 Å². The van der Waals surface area contributed by atoms with E-state index >= 15 is 0 Å². The Hall–Kier alpha value is 0.180. The fourth-order valence-electron chi connectivity index (χ4n) is 3.12. The van der Waals surface area contributed by atoms with Crippen molar-refractivity contribution in [2.75, 3.05) is 0 Å². The summed E-state index contributed by atoms with van der Waals surface area (Å²) in [6, 6.07) is 8.66. The smallest absolute Gasteiger partial charge is 0.0225 e. The van der Waals surface area contributed by atoms with Gasteiger partial charge < -0.3 is 0 Å². The number of benzene rings is 1. The molecule has 1 unspecified atom stereocenters. The van der Waals surface area contributed by atoms with Gasteiger partial charge in [-0.25, -0.2) is 0 Å². The molecular weight excluding hydrogens is 340 g/mol. The zero-order valence-electron chi connectivity index (χ0n) is 10.9. The van der Waals surface area contributed by atoms with Gasteiger partial charge in [-0.05, 0) is 40.9 Å². The lowest BCUT2D eigenvalue weighted by Gasteiger charge is -2.12. The van der Waals surface area contributed by atoms with Crippen molar-refractivity contribution in [1.82, 2.24) is 0 Å². The Morgan fingerprint density at radius 1 is 1.06 bits per heavy atom. The molecule has 1 atom stereocenters. The number of alkyl halides is 1. The van der Waals surface area contributed by atoms with Crippen LogP contribution in [-0.4, -0.2) is 4.83 Å². The molecule has 0 aliphatic heterocycles. The molecule has 1 saturated carbocycles. The van der Waals surface area contributed by atoms with E-state index < -0.39 is 0 Å². The molecule has 2 rings (SSSR count). The Morgan fingerprint density at radius 3 is 1.94 bits per heavy atom. The van der Waals surface area contributed by atoms with Gasteiger partial charge in [-0.1, -0.05) is 71.7 Å². The van der Waals surface area contributed by atoms with E-state index in [-0.39, 0.29) is 0 Å². The predicted octanol–water partition coefficient (Wildman–Crippen LogP) is 5.44. The summed E-state index contributed by atoms with van der Waals surface area (Å²) in [4.78, 5) is 0.577. The Labute approximate surface area is 121 Å². The minimum absolute atomic E-state index is 0.455. The lowest BCUT2D eigenvalue weighted by Crippen LogP contribution is -2.10. The van der Waals surface area contributed by atoms with Crippen molar-refractivity contribution in [2.45, 2.75) is 38.9 Å². The van der Waals surface area contributed by atoms with E-state index in [4.69, 9.17) is 0 Å². The normalized spacial score (nSPS) is 23.4. The van der Waals surface area contributed by atoms with Gasteiger partial charge in [0, 0.05) is 9.30 Å². The quantitative estimate of drug-likeness (QED) is 0.630. The van der Waals surface area contributed by atoms with Crippen molar-refractivity contribution in [1.29, 1.82) is 0 Å². The highest BCUT2D eigenvalue weighted by molar-refractivity contribution is 9.10. The van der Waals surface area contributed by atoms with Gasteiger partial charge in [0.15, 0.2) is 0 Å². The average Bonchev–Trinajstić information content (AvgIpc) is 2.61. The van der Waals surface area contributed by atoms with Crippen LogP contribution in [0.4, 0.5) is 0 Å². The first-order valence-corrected chi connectivity index (χ1v) is 7.86. The largest absolute Gasteiger partial charge is 0.0884 e. The fraction of sp³-hybridized carbons (Fsp3) is 0.600. The Morgan fingerprint density at radius 2 is 1.53 bits per heavy atom. The van der Waals surface area contributed by atoms with E-state index in [2.05, 4.69) is 83.8 Å². The van der Waals surface area contributed by atoms with Crippen LogP contribution in [0.2, 0.25) is 0 Å². The van der Waals surface area contributed by atoms with E-state index in [1.54, 1.807) is 0 Å². The highest BCUT2D eigenvalue weighted by Gasteiger charge is 2.66. The molecule has 0 amide bonds. The third-order valence-electron chi connectivity index (χ3n) is 4.84. The van der Waals surface area contributed by atoms with Crippen LogP contribution in [0, 0.1) is 16.7 Å². The van der Waals surface area contributed by atoms with Crippen LogP contribution in [0.3, 0.4) is 0 Å². The van der Waals surface area contributed by atoms with E-state index in [0.29, 0.717) is 15.7 Å². The minimum atomic E-state index is 0.455. The summed E-state index contributed by atoms with van der Waals surface area (Å²) >= 11 is 7.38. The molecule has 1 fully saturated rings. The molecule has 1 aliphatic rings. The van der Waals surface area contributed by atoms with Crippen LogP contribution in [0.5, 0.6) is 0 Å². The monoisotopic (exact) mass is 358 g/mol. The summed E-state index contributed by atoms with van der Waals surface area (Å²) in [6.07, 6.45) is 1.12. The van der Waals surface area contributed by atoms with Crippen molar-refractivity contribution >= 4 is 31.9 Å². The summed E-state index contributed by atoms with van der Waals surface area (Å²) in [5.41, 5.74) is 2.32. The maximum atomic E-state index is 3.90. The second-order valence-corrected chi connectivity index (χ2v) is 8.36. The summed E-state index contributed by atoms with van der Waals surface area (Å²) in [5, 5.41) is 0. The van der Waals surface area contributed by atoms with Crippen LogP contribution < -0.4 is 0 Å². The maximum Gasteiger partial charge on any atom is 0.0225 e. The summed E-state index contributed by atoms with van der Waals surface area (Å²) in [6.45, 7) is 9.53. The average molecular weight is 360 g/mol. The second-order valence-electron chi connectivity index (χ2n) is 6.27. The lowest BCUT2D eigenvalue weighted by atomic mass is 10.0. The molecule has 94 valence electrons. The zero-order chi connectivity index (χ0) is 12.8. The minimum Gasteiger partial charge on any atom is -0.0884 e. The van der Waals surface area contributed by atoms with Crippen molar-refractivity contribution in [3.63, 3.8) is 0 Å². The van der Waals surface area contributed by atoms with Gasteiger partial charge in [0.25, 0.3) is 0 Å². The first-order chi connectivity index (χ1) is 7.76. The van der Waals surface area contributed by atoms with Crippen LogP contribution in [-0.2, 0) is 6.42 Å². The van der Waals surface area contributed by atoms with Crippen LogP contribution >= 0.6 is 31.9 Å². The van der Waals surface area contributed by atoms with Crippen molar-refractivity contribution in [2.24, 2.45) is 16.7 Å². The lowest BCUT2D eigenvalue weighted by molar-refractivity contribution is 0.457. The van der Waals surface area contributed by atoms with Gasteiger partial charge in [0.05, 0.1) is 0 Å². The van der Waals surface area contributed by atoms with Crippen molar-refractivity contribution in [3.8, 4) is 0 Å². The van der Waals surface area contributed by atoms with Gasteiger partial charge in [-0.15, -0.1) is 0 Å². The zero-order valence-corrected chi connectivity index (χ0v) is 14.1. The summed E-state index contributed by atoms with van der Waals surface area (Å²) in [7, 11) is 0. The van der Waals surface area contributed by atoms with Gasteiger partial charge >= 0.3 is 0 Å². The topological polar surface area (TPSA) is 0 Å². The molecule has 0 aromatic heterocycles. The molecule has 1 aromatic carbocycles. The highest BCUT2D eigenvalue weighted by atomic mass is 79.9. The molecule has 0 radical (unpaired) electrons. The first-order valence-electron chi connectivity index (χ1n) is 6.15. The van der Waals surface area contributed by atoms with Crippen LogP contribution in [0.1, 0.15) is 33.3 Å². The maximum absolute atomic E-state index is 3.90. The van der Waals surface area contributed by atoms with Crippen LogP contribution in [0.25, 0.3) is 0 Å². The predicted molar refractivity (Wildman–Crippen MR) is 81.6 cm³/mol. The molecule has 1 aliphatic carbocycles. The number of halogens is 2. The second kappa shape index (κ2) is 4.38. The molecule has 0 N–H and O–H groups in total. The number of rotatable bonds is 3. The summed E-state index contributed by atoms with van der Waals surface area (Å²) in [5.74, 6) is 0.763. The van der Waals surface area contributed by atoms with Crippen molar-refractivity contribution < 1.29 is 0 Å². The first kappa shape index (κ1) is 13.6. The Balaban J connectivity index is 2.04. The molecule has 17 heavy (non-hydrogen) atoms. The Kier molecular flexibility index (Phi) is 3.51. The summed E-state index contributed by atoms with van der Waals surface area (Å²) < 4.78 is 1.15. The third-order valence-corrected chi connectivity index (χ3v) is 6.22. The highest BCUT2D eigenvalue weighted by Crippen LogP contribution is 2.71. The van der Waals surface area contributed by atoms with E-state index in [9.17, 15) is 0 Å². The molecule has 0 spiro atoms. The third kappa shape index (κ3) is 2.35.